The molecule has 3 saturated heterocycles. The maximum absolute atomic E-state index is 13.8. The van der Waals surface area contributed by atoms with Gasteiger partial charge in [0.05, 0.1) is 63.4 Å². The van der Waals surface area contributed by atoms with Crippen molar-refractivity contribution in [2.45, 2.75) is 58.3 Å². The zero-order chi connectivity index (χ0) is 40.5. The number of fused-ring (bicyclic) bond motifs is 2. The van der Waals surface area contributed by atoms with Crippen LogP contribution >= 0.6 is 0 Å². The summed E-state index contributed by atoms with van der Waals surface area (Å²) in [6.45, 7) is 10.0. The molecule has 18 heteroatoms. The van der Waals surface area contributed by atoms with Crippen LogP contribution < -0.4 is 20.1 Å². The molecule has 0 saturated carbocycles. The van der Waals surface area contributed by atoms with E-state index in [9.17, 15) is 14.4 Å². The second-order valence-electron chi connectivity index (χ2n) is 15.2. The lowest BCUT2D eigenvalue weighted by molar-refractivity contribution is -0.335. The maximum atomic E-state index is 13.8. The maximum Gasteiger partial charge on any atom is 0.407 e. The van der Waals surface area contributed by atoms with Crippen molar-refractivity contribution >= 4 is 17.9 Å². The number of rotatable bonds is 11. The average Bonchev–Trinajstić information content (AvgIpc) is 3.92. The molecule has 4 aliphatic heterocycles. The fourth-order valence-electron chi connectivity index (χ4n) is 7.39. The predicted octanol–water partition coefficient (Wildman–Crippen LogP) is 4.45. The summed E-state index contributed by atoms with van der Waals surface area (Å²) in [5, 5.41) is 5.83. The third kappa shape index (κ3) is 7.97. The number of nitrogens with one attached hydrogen (secondary N) is 4. The molecule has 3 amide bonds. The Hall–Kier alpha value is -5.53. The van der Waals surface area contributed by atoms with E-state index >= 15 is 0 Å². The van der Waals surface area contributed by atoms with Crippen molar-refractivity contribution in [2.75, 3.05) is 53.4 Å². The third-order valence-electron chi connectivity index (χ3n) is 10.7. The number of alkyl carbamates (subject to hydrolysis) is 1. The van der Waals surface area contributed by atoms with Crippen molar-refractivity contribution in [3.63, 3.8) is 0 Å². The van der Waals surface area contributed by atoms with E-state index < -0.39 is 36.7 Å². The summed E-state index contributed by atoms with van der Waals surface area (Å²) < 4.78 is 39.7. The second kappa shape index (κ2) is 16.8. The standard InChI is InChI=1S/C40H48N8O10/c1-21(2)33(45-39(51)52-5)37(49)47-10-12-53-18-27(47)35-41-16-25(43-35)23-6-8-29-31(14-23)57-30-9-7-24(15-32(30)58-29)26-17-42-36(44-26)28-19-54-13-11-48(28)38(50)34(22(3)4)46-40-55-20-56-40/h6-9,14-17,21-22,27-28,33-34,40,46H,10-13,18-20H2,1-5H3,(H,41,43)(H,42,44)(H,45,51)/t27-,28-,33-,34-/m0/s1. The Morgan fingerprint density at radius 2 is 1.24 bits per heavy atom. The summed E-state index contributed by atoms with van der Waals surface area (Å²) in [5.74, 6) is 2.82. The third-order valence-corrected chi connectivity index (χ3v) is 10.7. The average molecular weight is 801 g/mol. The number of morpholine rings is 2. The molecule has 18 nitrogen and oxygen atoms in total. The number of H-pyrrole nitrogens is 2. The first kappa shape index (κ1) is 39.3. The van der Waals surface area contributed by atoms with Gasteiger partial charge < -0.3 is 58.2 Å². The molecule has 0 bridgehead atoms. The number of carbonyl (C=O) groups is 3. The lowest BCUT2D eigenvalue weighted by Gasteiger charge is -2.39. The van der Waals surface area contributed by atoms with Crippen LogP contribution in [0.3, 0.4) is 0 Å². The van der Waals surface area contributed by atoms with Crippen LogP contribution in [-0.2, 0) is 33.3 Å². The molecule has 2 aromatic carbocycles. The molecule has 0 unspecified atom stereocenters. The van der Waals surface area contributed by atoms with E-state index in [0.29, 0.717) is 73.3 Å². The number of hydrogen-bond donors (Lipinski definition) is 4. The van der Waals surface area contributed by atoms with E-state index in [1.165, 1.54) is 7.11 Å². The van der Waals surface area contributed by atoms with Gasteiger partial charge in [-0.15, -0.1) is 0 Å². The Morgan fingerprint density at radius 3 is 1.69 bits per heavy atom. The molecular weight excluding hydrogens is 752 g/mol. The molecule has 0 radical (unpaired) electrons. The minimum absolute atomic E-state index is 0.00148. The molecule has 4 atom stereocenters. The lowest BCUT2D eigenvalue weighted by Crippen LogP contribution is -2.58. The number of hydrogen-bond acceptors (Lipinski definition) is 13. The van der Waals surface area contributed by atoms with Crippen LogP contribution in [0.2, 0.25) is 0 Å². The minimum atomic E-state index is -0.773. The van der Waals surface area contributed by atoms with Crippen molar-refractivity contribution < 1.29 is 47.5 Å². The monoisotopic (exact) mass is 800 g/mol. The first-order valence-corrected chi connectivity index (χ1v) is 19.4. The van der Waals surface area contributed by atoms with Crippen LogP contribution in [-0.4, -0.2) is 120 Å². The highest BCUT2D eigenvalue weighted by molar-refractivity contribution is 5.86. The fourth-order valence-corrected chi connectivity index (χ4v) is 7.39. The predicted molar refractivity (Wildman–Crippen MR) is 205 cm³/mol. The number of aromatic amines is 2. The Labute approximate surface area is 334 Å². The molecule has 8 rings (SSSR count). The Kier molecular flexibility index (Phi) is 11.4. The van der Waals surface area contributed by atoms with E-state index in [1.54, 1.807) is 22.2 Å². The van der Waals surface area contributed by atoms with Gasteiger partial charge in [-0.05, 0) is 48.2 Å². The number of aromatic nitrogens is 4. The highest BCUT2D eigenvalue weighted by Crippen LogP contribution is 2.47. The summed E-state index contributed by atoms with van der Waals surface area (Å²) in [6, 6.07) is 9.06. The van der Waals surface area contributed by atoms with Crippen LogP contribution in [0.5, 0.6) is 23.0 Å². The van der Waals surface area contributed by atoms with Gasteiger partial charge in [0, 0.05) is 24.2 Å². The molecule has 308 valence electrons. The van der Waals surface area contributed by atoms with Crippen LogP contribution in [0.4, 0.5) is 4.79 Å². The SMILES string of the molecule is COC(=O)N[C@H](C(=O)N1CCOC[C@H]1c1ncc(-c2ccc3c(c2)Oc2ccc(-c4cnc([C@@H]5COCCN5C(=O)[C@@H](NC5OCO5)C(C)C)[nH]4)cc2O3)[nH]1)C(C)C. The first-order chi connectivity index (χ1) is 28.1. The first-order valence-electron chi connectivity index (χ1n) is 19.4. The van der Waals surface area contributed by atoms with E-state index in [4.69, 9.17) is 33.2 Å². The van der Waals surface area contributed by atoms with Gasteiger partial charge in [-0.25, -0.2) is 14.8 Å². The zero-order valence-electron chi connectivity index (χ0n) is 33.0. The minimum Gasteiger partial charge on any atom is -0.453 e. The largest absolute Gasteiger partial charge is 0.453 e. The number of benzene rings is 2. The summed E-state index contributed by atoms with van der Waals surface area (Å²) in [6.07, 6.45) is 2.18. The van der Waals surface area contributed by atoms with Crippen LogP contribution in [0.15, 0.2) is 48.8 Å². The van der Waals surface area contributed by atoms with Gasteiger partial charge in [0.1, 0.15) is 29.8 Å². The van der Waals surface area contributed by atoms with Crippen molar-refractivity contribution in [1.29, 1.82) is 0 Å². The smallest absolute Gasteiger partial charge is 0.407 e. The van der Waals surface area contributed by atoms with Gasteiger partial charge in [0.2, 0.25) is 18.2 Å². The number of carbonyl (C=O) groups excluding carboxylic acids is 3. The van der Waals surface area contributed by atoms with Gasteiger partial charge >= 0.3 is 6.09 Å². The molecule has 4 aromatic rings. The van der Waals surface area contributed by atoms with E-state index in [1.807, 2.05) is 64.1 Å². The molecule has 4 aliphatic rings. The Morgan fingerprint density at radius 1 is 0.741 bits per heavy atom. The van der Waals surface area contributed by atoms with Crippen LogP contribution in [0.25, 0.3) is 22.5 Å². The second-order valence-corrected chi connectivity index (χ2v) is 15.2. The van der Waals surface area contributed by atoms with Gasteiger partial charge in [0.15, 0.2) is 29.8 Å². The van der Waals surface area contributed by atoms with E-state index in [-0.39, 0.29) is 37.0 Å². The number of amides is 3. The molecule has 6 heterocycles. The van der Waals surface area contributed by atoms with Crippen molar-refractivity contribution in [3.8, 4) is 45.5 Å². The highest BCUT2D eigenvalue weighted by atomic mass is 16.9. The number of imidazole rings is 2. The Balaban J connectivity index is 0.955. The van der Waals surface area contributed by atoms with Gasteiger partial charge in [-0.2, -0.15) is 0 Å². The molecule has 0 spiro atoms. The molecule has 2 aromatic heterocycles. The summed E-state index contributed by atoms with van der Waals surface area (Å²) in [7, 11) is 1.27. The van der Waals surface area contributed by atoms with E-state index in [0.717, 1.165) is 16.8 Å². The van der Waals surface area contributed by atoms with Gasteiger partial charge in [0.25, 0.3) is 0 Å². The summed E-state index contributed by atoms with van der Waals surface area (Å²) >= 11 is 0. The number of methoxy groups -OCH3 is 1. The highest BCUT2D eigenvalue weighted by Gasteiger charge is 2.39. The Bertz CT molecular complexity index is 2130. The normalized spacial score (nSPS) is 20.3. The summed E-state index contributed by atoms with van der Waals surface area (Å²) in [4.78, 5) is 59.1. The van der Waals surface area contributed by atoms with Crippen molar-refractivity contribution in [2.24, 2.45) is 11.8 Å². The van der Waals surface area contributed by atoms with Gasteiger partial charge in [-0.3, -0.25) is 14.9 Å². The quantitative estimate of drug-likeness (QED) is 0.146. The summed E-state index contributed by atoms with van der Waals surface area (Å²) in [5.41, 5.74) is 3.08. The van der Waals surface area contributed by atoms with Crippen LogP contribution in [0, 0.1) is 11.8 Å². The molecule has 4 N–H and O–H groups in total. The van der Waals surface area contributed by atoms with Crippen molar-refractivity contribution in [3.05, 3.63) is 60.4 Å². The molecule has 0 aliphatic carbocycles. The fraction of sp³-hybridized carbons (Fsp3) is 0.475. The lowest BCUT2D eigenvalue weighted by atomic mass is 10.0. The van der Waals surface area contributed by atoms with Gasteiger partial charge in [-0.1, -0.05) is 27.7 Å². The van der Waals surface area contributed by atoms with Crippen LogP contribution in [0.1, 0.15) is 51.4 Å². The molecular formula is C40H48N8O10. The van der Waals surface area contributed by atoms with E-state index in [2.05, 4.69) is 30.6 Å². The van der Waals surface area contributed by atoms with Crippen molar-refractivity contribution in [1.82, 2.24) is 40.4 Å². The zero-order valence-corrected chi connectivity index (χ0v) is 33.0. The topological polar surface area (TPSA) is 204 Å². The molecule has 58 heavy (non-hydrogen) atoms. The number of nitrogens with zero attached hydrogens (tertiary/aromatic N) is 4. The molecule has 3 fully saturated rings. The number of ether oxygens (including phenoxy) is 7.